The van der Waals surface area contributed by atoms with Gasteiger partial charge in [-0.2, -0.15) is 0 Å². The number of imidazole rings is 1. The quantitative estimate of drug-likeness (QED) is 0.434. The second-order valence-corrected chi connectivity index (χ2v) is 7.35. The Labute approximate surface area is 162 Å². The van der Waals surface area contributed by atoms with Gasteiger partial charge in [-0.1, -0.05) is 62.2 Å². The van der Waals surface area contributed by atoms with Gasteiger partial charge in [0.15, 0.2) is 5.16 Å². The van der Waals surface area contributed by atoms with Crippen LogP contribution in [0.4, 0.5) is 0 Å². The third kappa shape index (κ3) is 4.22. The number of carboxylic acids is 1. The molecule has 2 aromatic carbocycles. The monoisotopic (exact) mass is 382 g/mol. The lowest BCUT2D eigenvalue weighted by molar-refractivity contribution is 0.0691. The van der Waals surface area contributed by atoms with E-state index >= 15 is 0 Å². The number of thioether (sulfide) groups is 1. The number of hydrogen-bond donors (Lipinski definition) is 1. The smallest absolute Gasteiger partial charge is 0.336 e. The summed E-state index contributed by atoms with van der Waals surface area (Å²) >= 11 is 1.54. The van der Waals surface area contributed by atoms with Crippen molar-refractivity contribution in [2.45, 2.75) is 37.8 Å². The number of unbranched alkanes of at least 4 members (excludes halogenated alkanes) is 3. The Hall–Kier alpha value is -2.60. The zero-order valence-electron chi connectivity index (χ0n) is 15.2. The first kappa shape index (κ1) is 19.2. The Morgan fingerprint density at radius 2 is 1.70 bits per heavy atom. The highest BCUT2D eigenvalue weighted by Crippen LogP contribution is 2.27. The molecular weight excluding hydrogens is 360 g/mol. The van der Waals surface area contributed by atoms with Gasteiger partial charge in [-0.25, -0.2) is 9.78 Å². The molecule has 0 atom stereocenters. The number of benzene rings is 2. The predicted octanol–water partition coefficient (Wildman–Crippen LogP) is 5.10. The van der Waals surface area contributed by atoms with Gasteiger partial charge >= 0.3 is 5.97 Å². The van der Waals surface area contributed by atoms with Crippen LogP contribution in [0.3, 0.4) is 0 Å². The minimum atomic E-state index is -1.11. The van der Waals surface area contributed by atoms with Crippen LogP contribution in [-0.4, -0.2) is 32.3 Å². The first-order valence-corrected chi connectivity index (χ1v) is 10.1. The van der Waals surface area contributed by atoms with Crippen molar-refractivity contribution < 1.29 is 14.7 Å². The van der Waals surface area contributed by atoms with E-state index in [1.807, 2.05) is 24.3 Å². The standard InChI is InChI=1S/C21H22N2O3S/c1-2-3-4-9-14-27-21-22-17-12-7-8-13-18(17)23(21)19(24)15-10-5-6-11-16(15)20(25)26/h5-8,10-13H,2-4,9,14H2,1H3,(H,25,26). The molecule has 1 heterocycles. The molecule has 5 nitrogen and oxygen atoms in total. The van der Waals surface area contributed by atoms with E-state index in [1.165, 1.54) is 18.9 Å². The van der Waals surface area contributed by atoms with Crippen molar-refractivity contribution in [3.05, 3.63) is 59.7 Å². The fourth-order valence-corrected chi connectivity index (χ4v) is 3.97. The van der Waals surface area contributed by atoms with Crippen LogP contribution in [0.25, 0.3) is 11.0 Å². The topological polar surface area (TPSA) is 72.2 Å². The Morgan fingerprint density at radius 1 is 1.00 bits per heavy atom. The third-order valence-corrected chi connectivity index (χ3v) is 5.37. The Balaban J connectivity index is 1.98. The van der Waals surface area contributed by atoms with Crippen molar-refractivity contribution in [3.63, 3.8) is 0 Å². The lowest BCUT2D eigenvalue weighted by atomic mass is 10.1. The summed E-state index contributed by atoms with van der Waals surface area (Å²) in [5, 5.41) is 10.0. The van der Waals surface area contributed by atoms with E-state index in [-0.39, 0.29) is 17.0 Å². The maximum absolute atomic E-state index is 13.2. The summed E-state index contributed by atoms with van der Waals surface area (Å²) in [5.41, 5.74) is 1.59. The number of carbonyl (C=O) groups excluding carboxylic acids is 1. The summed E-state index contributed by atoms with van der Waals surface area (Å²) in [6, 6.07) is 13.7. The van der Waals surface area contributed by atoms with Crippen LogP contribution in [0, 0.1) is 0 Å². The number of carbonyl (C=O) groups is 2. The van der Waals surface area contributed by atoms with Crippen molar-refractivity contribution >= 4 is 34.7 Å². The zero-order valence-corrected chi connectivity index (χ0v) is 16.0. The van der Waals surface area contributed by atoms with Crippen LogP contribution >= 0.6 is 11.8 Å². The molecule has 0 amide bonds. The first-order chi connectivity index (χ1) is 13.1. The van der Waals surface area contributed by atoms with Crippen molar-refractivity contribution in [3.8, 4) is 0 Å². The third-order valence-electron chi connectivity index (χ3n) is 4.35. The number of aromatic nitrogens is 2. The largest absolute Gasteiger partial charge is 0.478 e. The molecule has 27 heavy (non-hydrogen) atoms. The summed E-state index contributed by atoms with van der Waals surface area (Å²) in [6.07, 6.45) is 4.58. The number of nitrogens with zero attached hydrogens (tertiary/aromatic N) is 2. The van der Waals surface area contributed by atoms with Crippen molar-refractivity contribution in [2.75, 3.05) is 5.75 Å². The van der Waals surface area contributed by atoms with Crippen molar-refractivity contribution in [1.82, 2.24) is 9.55 Å². The molecule has 0 radical (unpaired) electrons. The van der Waals surface area contributed by atoms with Gasteiger partial charge in [0.2, 0.25) is 0 Å². The lowest BCUT2D eigenvalue weighted by Crippen LogP contribution is -2.17. The minimum Gasteiger partial charge on any atom is -0.478 e. The fourth-order valence-electron chi connectivity index (χ4n) is 2.97. The van der Waals surface area contributed by atoms with Gasteiger partial charge in [-0.3, -0.25) is 9.36 Å². The summed E-state index contributed by atoms with van der Waals surface area (Å²) in [4.78, 5) is 29.4. The van der Waals surface area contributed by atoms with E-state index in [9.17, 15) is 14.7 Å². The molecule has 0 fully saturated rings. The van der Waals surface area contributed by atoms with Crippen LogP contribution < -0.4 is 0 Å². The highest BCUT2D eigenvalue weighted by atomic mass is 32.2. The van der Waals surface area contributed by atoms with Gasteiger partial charge in [0.25, 0.3) is 5.91 Å². The highest BCUT2D eigenvalue weighted by Gasteiger charge is 2.22. The molecule has 6 heteroatoms. The summed E-state index contributed by atoms with van der Waals surface area (Å²) < 4.78 is 1.54. The minimum absolute atomic E-state index is 0.000762. The van der Waals surface area contributed by atoms with E-state index in [2.05, 4.69) is 11.9 Å². The zero-order chi connectivity index (χ0) is 19.2. The van der Waals surface area contributed by atoms with Crippen molar-refractivity contribution in [2.24, 2.45) is 0 Å². The molecule has 0 bridgehead atoms. The average Bonchev–Trinajstić information content (AvgIpc) is 3.05. The first-order valence-electron chi connectivity index (χ1n) is 9.10. The maximum atomic E-state index is 13.2. The van der Waals surface area contributed by atoms with E-state index in [0.29, 0.717) is 10.7 Å². The molecule has 0 spiro atoms. The van der Waals surface area contributed by atoms with Gasteiger partial charge in [0, 0.05) is 5.75 Å². The SMILES string of the molecule is CCCCCCSc1nc2ccccc2n1C(=O)c1ccccc1C(=O)O. The average molecular weight is 382 g/mol. The van der Waals surface area contributed by atoms with E-state index in [0.717, 1.165) is 24.1 Å². The molecule has 3 rings (SSSR count). The second-order valence-electron chi connectivity index (χ2n) is 6.28. The highest BCUT2D eigenvalue weighted by molar-refractivity contribution is 7.99. The fraction of sp³-hybridized carbons (Fsp3) is 0.286. The molecule has 0 aliphatic carbocycles. The molecule has 0 aliphatic heterocycles. The molecule has 140 valence electrons. The summed E-state index contributed by atoms with van der Waals surface area (Å²) in [5.74, 6) is -0.605. The van der Waals surface area contributed by atoms with Crippen LogP contribution in [0.15, 0.2) is 53.7 Å². The molecular formula is C21H22N2O3S. The van der Waals surface area contributed by atoms with Crippen LogP contribution in [0.1, 0.15) is 53.3 Å². The van der Waals surface area contributed by atoms with Gasteiger partial charge in [-0.15, -0.1) is 0 Å². The van der Waals surface area contributed by atoms with Gasteiger partial charge in [0.05, 0.1) is 22.2 Å². The number of rotatable bonds is 8. The van der Waals surface area contributed by atoms with E-state index in [4.69, 9.17) is 0 Å². The molecule has 0 aliphatic rings. The van der Waals surface area contributed by atoms with Crippen LogP contribution in [-0.2, 0) is 0 Å². The molecule has 0 saturated carbocycles. The lowest BCUT2D eigenvalue weighted by Gasteiger charge is -2.10. The number of para-hydroxylation sites is 2. The Morgan fingerprint density at radius 3 is 2.44 bits per heavy atom. The molecule has 0 unspecified atom stereocenters. The van der Waals surface area contributed by atoms with Gasteiger partial charge in [-0.05, 0) is 30.7 Å². The normalized spacial score (nSPS) is 11.0. The van der Waals surface area contributed by atoms with Crippen LogP contribution in [0.2, 0.25) is 0 Å². The number of carboxylic acid groups (broad SMARTS) is 1. The molecule has 1 aromatic heterocycles. The second kappa shape index (κ2) is 8.86. The molecule has 1 N–H and O–H groups in total. The van der Waals surface area contributed by atoms with Gasteiger partial charge in [0.1, 0.15) is 0 Å². The van der Waals surface area contributed by atoms with E-state index < -0.39 is 5.97 Å². The van der Waals surface area contributed by atoms with Crippen molar-refractivity contribution in [1.29, 1.82) is 0 Å². The Bertz CT molecular complexity index is 965. The van der Waals surface area contributed by atoms with E-state index in [1.54, 1.807) is 34.5 Å². The summed E-state index contributed by atoms with van der Waals surface area (Å²) in [7, 11) is 0. The summed E-state index contributed by atoms with van der Waals surface area (Å²) in [6.45, 7) is 2.17. The van der Waals surface area contributed by atoms with Gasteiger partial charge < -0.3 is 5.11 Å². The Kier molecular flexibility index (Phi) is 6.29. The number of aromatic carboxylic acids is 1. The number of hydrogen-bond acceptors (Lipinski definition) is 4. The molecule has 0 saturated heterocycles. The van der Waals surface area contributed by atoms with Crippen LogP contribution in [0.5, 0.6) is 0 Å². The number of fused-ring (bicyclic) bond motifs is 1. The maximum Gasteiger partial charge on any atom is 0.336 e. The predicted molar refractivity (Wildman–Crippen MR) is 108 cm³/mol. The molecule has 3 aromatic rings.